The first-order valence-corrected chi connectivity index (χ1v) is 6.99. The lowest BCUT2D eigenvalue weighted by molar-refractivity contribution is 0.102. The van der Waals surface area contributed by atoms with Crippen molar-refractivity contribution in [3.63, 3.8) is 0 Å². The Morgan fingerprint density at radius 1 is 1.25 bits per heavy atom. The van der Waals surface area contributed by atoms with Gasteiger partial charge in [0.05, 0.1) is 12.8 Å². The minimum absolute atomic E-state index is 0.0342. The summed E-state index contributed by atoms with van der Waals surface area (Å²) in [6.07, 6.45) is 0.983. The molecular weight excluding hydrogens is 315 g/mol. The first-order valence-electron chi connectivity index (χ1n) is 6.99. The van der Waals surface area contributed by atoms with Crippen LogP contribution in [0.15, 0.2) is 48.7 Å². The van der Waals surface area contributed by atoms with E-state index in [-0.39, 0.29) is 24.0 Å². The molecule has 0 unspecified atom stereocenters. The maximum absolute atomic E-state index is 12.9. The molecular formula is C16H13FN4O3. The van der Waals surface area contributed by atoms with E-state index >= 15 is 0 Å². The minimum atomic E-state index is -0.541. The van der Waals surface area contributed by atoms with Gasteiger partial charge in [0, 0.05) is 11.8 Å². The van der Waals surface area contributed by atoms with E-state index < -0.39 is 11.7 Å². The molecule has 3 aromatic rings. The number of aliphatic hydroxyl groups excluding tert-OH is 1. The second-order valence-corrected chi connectivity index (χ2v) is 4.95. The molecule has 0 fully saturated rings. The number of carbonyl (C=O) groups is 1. The van der Waals surface area contributed by atoms with Crippen molar-refractivity contribution in [2.24, 2.45) is 0 Å². The maximum Gasteiger partial charge on any atom is 0.276 e. The molecule has 0 aliphatic heterocycles. The van der Waals surface area contributed by atoms with Gasteiger partial charge in [-0.05, 0) is 29.8 Å². The molecule has 3 rings (SSSR count). The van der Waals surface area contributed by atoms with Crippen LogP contribution in [0.1, 0.15) is 16.1 Å². The summed E-state index contributed by atoms with van der Waals surface area (Å²) in [7, 11) is 0. The zero-order valence-electron chi connectivity index (χ0n) is 12.3. The van der Waals surface area contributed by atoms with Crippen molar-refractivity contribution in [2.45, 2.75) is 6.61 Å². The number of aromatic hydroxyl groups is 1. The fraction of sp³-hybridized carbons (Fsp3) is 0.0625. The zero-order valence-corrected chi connectivity index (χ0v) is 12.3. The SMILES string of the molecule is O=C(Nc1cccc(CO)c1)c1cc(O)n(-c2ccc(F)cn2)n1. The Morgan fingerprint density at radius 3 is 2.79 bits per heavy atom. The first kappa shape index (κ1) is 15.6. The molecule has 0 atom stereocenters. The molecule has 0 aliphatic carbocycles. The third-order valence-electron chi connectivity index (χ3n) is 3.22. The highest BCUT2D eigenvalue weighted by Gasteiger charge is 2.16. The number of benzene rings is 1. The minimum Gasteiger partial charge on any atom is -0.493 e. The van der Waals surface area contributed by atoms with Gasteiger partial charge < -0.3 is 15.5 Å². The zero-order chi connectivity index (χ0) is 17.1. The number of anilines is 1. The Morgan fingerprint density at radius 2 is 2.08 bits per heavy atom. The lowest BCUT2D eigenvalue weighted by Crippen LogP contribution is -2.13. The van der Waals surface area contributed by atoms with E-state index in [9.17, 15) is 14.3 Å². The topological polar surface area (TPSA) is 100 Å². The Labute approximate surface area is 136 Å². The number of pyridine rings is 1. The summed E-state index contributed by atoms with van der Waals surface area (Å²) in [5, 5.41) is 25.6. The number of halogens is 1. The van der Waals surface area contributed by atoms with Crippen molar-refractivity contribution in [3.05, 3.63) is 65.7 Å². The number of hydrogen-bond acceptors (Lipinski definition) is 5. The smallest absolute Gasteiger partial charge is 0.276 e. The molecule has 8 heteroatoms. The Balaban J connectivity index is 1.83. The standard InChI is InChI=1S/C16H13FN4O3/c17-11-4-5-14(18-8-11)21-15(23)7-13(20-21)16(24)19-12-3-1-2-10(6-12)9-22/h1-8,22-23H,9H2,(H,19,24). The molecule has 3 N–H and O–H groups in total. The average molecular weight is 328 g/mol. The summed E-state index contributed by atoms with van der Waals surface area (Å²) >= 11 is 0. The van der Waals surface area contributed by atoms with Crippen molar-refractivity contribution in [3.8, 4) is 11.7 Å². The van der Waals surface area contributed by atoms with Crippen molar-refractivity contribution >= 4 is 11.6 Å². The molecule has 0 saturated carbocycles. The van der Waals surface area contributed by atoms with Gasteiger partial charge >= 0.3 is 0 Å². The molecule has 0 radical (unpaired) electrons. The highest BCUT2D eigenvalue weighted by Crippen LogP contribution is 2.18. The number of rotatable bonds is 4. The second-order valence-electron chi connectivity index (χ2n) is 4.95. The summed E-state index contributed by atoms with van der Waals surface area (Å²) in [5.74, 6) is -1.19. The Bertz CT molecular complexity index is 877. The van der Waals surface area contributed by atoms with E-state index in [1.165, 1.54) is 18.2 Å². The van der Waals surface area contributed by atoms with E-state index in [1.807, 2.05) is 0 Å². The van der Waals surface area contributed by atoms with E-state index in [4.69, 9.17) is 5.11 Å². The van der Waals surface area contributed by atoms with E-state index in [2.05, 4.69) is 15.4 Å². The molecule has 24 heavy (non-hydrogen) atoms. The second kappa shape index (κ2) is 6.47. The summed E-state index contributed by atoms with van der Waals surface area (Å²) in [6, 6.07) is 10.4. The third-order valence-corrected chi connectivity index (χ3v) is 3.22. The summed E-state index contributed by atoms with van der Waals surface area (Å²) in [6.45, 7) is -0.143. The Kier molecular flexibility index (Phi) is 4.21. The number of carbonyl (C=O) groups excluding carboxylic acids is 1. The van der Waals surface area contributed by atoms with Crippen LogP contribution in [0.3, 0.4) is 0 Å². The van der Waals surface area contributed by atoms with Gasteiger partial charge in [-0.15, -0.1) is 0 Å². The highest BCUT2D eigenvalue weighted by molar-refractivity contribution is 6.03. The van der Waals surface area contributed by atoms with Gasteiger partial charge in [-0.25, -0.2) is 9.37 Å². The van der Waals surface area contributed by atoms with Gasteiger partial charge in [-0.1, -0.05) is 12.1 Å². The van der Waals surface area contributed by atoms with E-state index in [1.54, 1.807) is 24.3 Å². The molecule has 2 aromatic heterocycles. The Hall–Kier alpha value is -3.26. The quantitative estimate of drug-likeness (QED) is 0.679. The lowest BCUT2D eigenvalue weighted by atomic mass is 10.2. The molecule has 0 aliphatic rings. The molecule has 1 amide bonds. The van der Waals surface area contributed by atoms with Crippen molar-refractivity contribution in [1.29, 1.82) is 0 Å². The normalized spacial score (nSPS) is 10.6. The van der Waals surface area contributed by atoms with Gasteiger partial charge in [-0.2, -0.15) is 9.78 Å². The number of nitrogens with zero attached hydrogens (tertiary/aromatic N) is 3. The number of hydrogen-bond donors (Lipinski definition) is 3. The summed E-state index contributed by atoms with van der Waals surface area (Å²) in [4.78, 5) is 16.0. The largest absolute Gasteiger partial charge is 0.493 e. The third kappa shape index (κ3) is 3.23. The van der Waals surface area contributed by atoms with Crippen molar-refractivity contribution in [2.75, 3.05) is 5.32 Å². The van der Waals surface area contributed by atoms with Crippen LogP contribution in [0.25, 0.3) is 5.82 Å². The average Bonchev–Trinajstić information content (AvgIpc) is 2.98. The molecule has 0 bridgehead atoms. The molecule has 1 aromatic carbocycles. The van der Waals surface area contributed by atoms with Gasteiger partial charge in [0.2, 0.25) is 5.88 Å². The van der Waals surface area contributed by atoms with Crippen LogP contribution >= 0.6 is 0 Å². The predicted molar refractivity (Wildman–Crippen MR) is 83.3 cm³/mol. The van der Waals surface area contributed by atoms with Gasteiger partial charge in [0.15, 0.2) is 11.5 Å². The monoisotopic (exact) mass is 328 g/mol. The van der Waals surface area contributed by atoms with Crippen LogP contribution in [0.2, 0.25) is 0 Å². The summed E-state index contributed by atoms with van der Waals surface area (Å²) < 4.78 is 13.9. The van der Waals surface area contributed by atoms with Gasteiger partial charge in [0.1, 0.15) is 5.82 Å². The molecule has 0 saturated heterocycles. The fourth-order valence-corrected chi connectivity index (χ4v) is 2.09. The predicted octanol–water partition coefficient (Wildman–Crippen LogP) is 1.86. The fourth-order valence-electron chi connectivity index (χ4n) is 2.09. The van der Waals surface area contributed by atoms with Crippen LogP contribution in [-0.4, -0.2) is 30.9 Å². The molecule has 122 valence electrons. The van der Waals surface area contributed by atoms with E-state index in [0.29, 0.717) is 11.3 Å². The van der Waals surface area contributed by atoms with Crippen LogP contribution in [0, 0.1) is 5.82 Å². The van der Waals surface area contributed by atoms with Crippen LogP contribution < -0.4 is 5.32 Å². The van der Waals surface area contributed by atoms with Crippen LogP contribution in [0.5, 0.6) is 5.88 Å². The maximum atomic E-state index is 12.9. The number of amides is 1. The van der Waals surface area contributed by atoms with Crippen LogP contribution in [0.4, 0.5) is 10.1 Å². The van der Waals surface area contributed by atoms with Gasteiger partial charge in [0.25, 0.3) is 5.91 Å². The number of aliphatic hydroxyl groups is 1. The van der Waals surface area contributed by atoms with E-state index in [0.717, 1.165) is 10.9 Å². The van der Waals surface area contributed by atoms with Crippen molar-refractivity contribution in [1.82, 2.24) is 14.8 Å². The number of nitrogens with one attached hydrogen (secondary N) is 1. The molecule has 7 nitrogen and oxygen atoms in total. The number of aromatic nitrogens is 3. The van der Waals surface area contributed by atoms with Gasteiger partial charge in [-0.3, -0.25) is 4.79 Å². The van der Waals surface area contributed by atoms with Crippen LogP contribution in [-0.2, 0) is 6.61 Å². The lowest BCUT2D eigenvalue weighted by Gasteiger charge is -2.04. The molecule has 2 heterocycles. The highest BCUT2D eigenvalue weighted by atomic mass is 19.1. The summed E-state index contributed by atoms with van der Waals surface area (Å²) in [5.41, 5.74) is 1.10. The van der Waals surface area contributed by atoms with Crippen molar-refractivity contribution < 1.29 is 19.4 Å². The molecule has 0 spiro atoms. The first-order chi connectivity index (χ1) is 11.6.